The van der Waals surface area contributed by atoms with Gasteiger partial charge in [-0.3, -0.25) is 9.89 Å². The minimum absolute atomic E-state index is 0. The first-order chi connectivity index (χ1) is 12.9. The van der Waals surface area contributed by atoms with Crippen LogP contribution in [0.2, 0.25) is 0 Å². The first kappa shape index (κ1) is 26.2. The topological polar surface area (TPSA) is 95.4 Å². The van der Waals surface area contributed by atoms with Gasteiger partial charge in [0.05, 0.1) is 25.3 Å². The Bertz CT molecular complexity index is 588. The normalized spacial score (nSPS) is 25.2. The summed E-state index contributed by atoms with van der Waals surface area (Å²) in [5.41, 5.74) is -1.37. The molecule has 1 saturated carbocycles. The molecule has 0 aromatic rings. The molecule has 2 aliphatic rings. The molecule has 29 heavy (non-hydrogen) atoms. The lowest BCUT2D eigenvalue weighted by molar-refractivity contribution is -0.0755. The van der Waals surface area contributed by atoms with Crippen LogP contribution in [0, 0.1) is 5.41 Å². The fourth-order valence-electron chi connectivity index (χ4n) is 3.46. The van der Waals surface area contributed by atoms with E-state index in [-0.39, 0.29) is 54.2 Å². The zero-order valence-corrected chi connectivity index (χ0v) is 21.2. The van der Waals surface area contributed by atoms with Crippen LogP contribution in [0.4, 0.5) is 4.79 Å². The van der Waals surface area contributed by atoms with Gasteiger partial charge >= 0.3 is 6.09 Å². The molecular formula is C20H39IN4O4. The van der Waals surface area contributed by atoms with E-state index >= 15 is 0 Å². The third-order valence-corrected chi connectivity index (χ3v) is 5.21. The lowest BCUT2D eigenvalue weighted by Gasteiger charge is -2.35. The second kappa shape index (κ2) is 10.00. The first-order valence-electron chi connectivity index (χ1n) is 10.3. The zero-order chi connectivity index (χ0) is 21.2. The van der Waals surface area contributed by atoms with Gasteiger partial charge in [0.15, 0.2) is 5.96 Å². The molecule has 170 valence electrons. The van der Waals surface area contributed by atoms with E-state index in [1.54, 1.807) is 4.90 Å². The first-order valence-corrected chi connectivity index (χ1v) is 10.3. The molecule has 0 spiro atoms. The number of hydrogen-bond donors (Lipinski definition) is 3. The molecule has 2 fully saturated rings. The molecule has 8 nitrogen and oxygen atoms in total. The van der Waals surface area contributed by atoms with Crippen molar-refractivity contribution < 1.29 is 19.4 Å². The summed E-state index contributed by atoms with van der Waals surface area (Å²) >= 11 is 0. The van der Waals surface area contributed by atoms with Gasteiger partial charge < -0.3 is 25.2 Å². The van der Waals surface area contributed by atoms with Crippen molar-refractivity contribution >= 4 is 36.0 Å². The molecule has 9 heteroatoms. The summed E-state index contributed by atoms with van der Waals surface area (Å²) in [6.45, 7) is 15.3. The van der Waals surface area contributed by atoms with E-state index < -0.39 is 11.3 Å². The van der Waals surface area contributed by atoms with Gasteiger partial charge in [0.2, 0.25) is 0 Å². The Morgan fingerprint density at radius 2 is 1.93 bits per heavy atom. The second-order valence-electron chi connectivity index (χ2n) is 9.42. The molecular weight excluding hydrogens is 487 g/mol. The van der Waals surface area contributed by atoms with Gasteiger partial charge in [0, 0.05) is 18.5 Å². The van der Waals surface area contributed by atoms with Crippen molar-refractivity contribution in [1.29, 1.82) is 0 Å². The lowest BCUT2D eigenvalue weighted by Crippen LogP contribution is -2.54. The number of hydrogen-bond acceptors (Lipinski definition) is 5. The number of carbonyl (C=O) groups is 1. The minimum Gasteiger partial charge on any atom is -0.444 e. The van der Waals surface area contributed by atoms with E-state index in [1.165, 1.54) is 0 Å². The van der Waals surface area contributed by atoms with Crippen LogP contribution >= 0.6 is 24.0 Å². The van der Waals surface area contributed by atoms with Gasteiger partial charge in [0.25, 0.3) is 0 Å². The molecule has 3 N–H and O–H groups in total. The number of carbonyl (C=O) groups excluding carboxylic acids is 1. The monoisotopic (exact) mass is 526 g/mol. The van der Waals surface area contributed by atoms with Crippen LogP contribution in [0.25, 0.3) is 0 Å². The summed E-state index contributed by atoms with van der Waals surface area (Å²) in [6.07, 6.45) is 1.50. The molecule has 1 aliphatic heterocycles. The fraction of sp³-hybridized carbons (Fsp3) is 0.900. The number of rotatable bonds is 6. The Balaban J connectivity index is 0.00000420. The predicted molar refractivity (Wildman–Crippen MR) is 125 cm³/mol. The van der Waals surface area contributed by atoms with E-state index in [0.717, 1.165) is 19.4 Å². The van der Waals surface area contributed by atoms with Gasteiger partial charge in [-0.15, -0.1) is 24.0 Å². The summed E-state index contributed by atoms with van der Waals surface area (Å²) in [5, 5.41) is 16.1. The van der Waals surface area contributed by atoms with Crippen molar-refractivity contribution in [2.45, 2.75) is 84.8 Å². The highest BCUT2D eigenvalue weighted by Gasteiger charge is 2.49. The molecule has 1 heterocycles. The third-order valence-electron chi connectivity index (χ3n) is 5.21. The molecule has 1 saturated heterocycles. The lowest BCUT2D eigenvalue weighted by atomic mass is 10.1. The number of nitrogens with one attached hydrogen (secondary N) is 2. The highest BCUT2D eigenvalue weighted by Crippen LogP contribution is 2.45. The average molecular weight is 526 g/mol. The Labute approximate surface area is 192 Å². The quantitative estimate of drug-likeness (QED) is 0.280. The van der Waals surface area contributed by atoms with Crippen LogP contribution in [0.3, 0.4) is 0 Å². The molecule has 0 radical (unpaired) electrons. The van der Waals surface area contributed by atoms with E-state index in [9.17, 15) is 9.90 Å². The van der Waals surface area contributed by atoms with Gasteiger partial charge in [-0.2, -0.15) is 0 Å². The highest BCUT2D eigenvalue weighted by atomic mass is 127. The van der Waals surface area contributed by atoms with E-state index in [4.69, 9.17) is 9.47 Å². The maximum atomic E-state index is 12.8. The number of aliphatic hydroxyl groups excluding tert-OH is 1. The molecule has 0 aromatic carbocycles. The van der Waals surface area contributed by atoms with Gasteiger partial charge in [-0.25, -0.2) is 4.79 Å². The van der Waals surface area contributed by atoms with Crippen LogP contribution in [0.5, 0.6) is 0 Å². The summed E-state index contributed by atoms with van der Waals surface area (Å²) in [5.74, 6) is 0.684. The largest absolute Gasteiger partial charge is 0.444 e. The summed E-state index contributed by atoms with van der Waals surface area (Å²) in [4.78, 5) is 19.1. The molecule has 2 rings (SSSR count). The Morgan fingerprint density at radius 1 is 1.31 bits per heavy atom. The van der Waals surface area contributed by atoms with Crippen molar-refractivity contribution in [3.05, 3.63) is 0 Å². The summed E-state index contributed by atoms with van der Waals surface area (Å²) in [7, 11) is 0. The van der Waals surface area contributed by atoms with Crippen LogP contribution in [-0.4, -0.2) is 71.8 Å². The smallest absolute Gasteiger partial charge is 0.412 e. The van der Waals surface area contributed by atoms with E-state index in [0.29, 0.717) is 19.0 Å². The molecule has 0 bridgehead atoms. The third kappa shape index (κ3) is 7.13. The van der Waals surface area contributed by atoms with Gasteiger partial charge in [-0.1, -0.05) is 0 Å². The maximum Gasteiger partial charge on any atom is 0.412 e. The van der Waals surface area contributed by atoms with Crippen molar-refractivity contribution in [2.24, 2.45) is 10.4 Å². The van der Waals surface area contributed by atoms with Crippen LogP contribution in [0.15, 0.2) is 4.99 Å². The minimum atomic E-state index is -0.751. The molecule has 2 unspecified atom stereocenters. The van der Waals surface area contributed by atoms with Crippen molar-refractivity contribution in [1.82, 2.24) is 15.5 Å². The number of halogens is 1. The van der Waals surface area contributed by atoms with Crippen LogP contribution < -0.4 is 10.6 Å². The van der Waals surface area contributed by atoms with Gasteiger partial charge in [-0.05, 0) is 61.3 Å². The molecule has 0 aromatic heterocycles. The maximum absolute atomic E-state index is 12.8. The second-order valence-corrected chi connectivity index (χ2v) is 9.42. The highest BCUT2D eigenvalue weighted by molar-refractivity contribution is 14.0. The van der Waals surface area contributed by atoms with Crippen molar-refractivity contribution in [3.63, 3.8) is 0 Å². The number of nitrogens with zero attached hydrogens (tertiary/aromatic N) is 2. The predicted octanol–water partition coefficient (Wildman–Crippen LogP) is 2.69. The van der Waals surface area contributed by atoms with Crippen molar-refractivity contribution in [3.8, 4) is 0 Å². The van der Waals surface area contributed by atoms with Crippen LogP contribution in [-0.2, 0) is 9.47 Å². The molecule has 2 atom stereocenters. The number of aliphatic imine (C=N–C) groups is 1. The van der Waals surface area contributed by atoms with Gasteiger partial charge in [0.1, 0.15) is 11.3 Å². The van der Waals surface area contributed by atoms with E-state index in [1.807, 2.05) is 48.5 Å². The van der Waals surface area contributed by atoms with Crippen LogP contribution in [0.1, 0.15) is 61.3 Å². The number of amides is 1. The van der Waals surface area contributed by atoms with E-state index in [2.05, 4.69) is 15.6 Å². The number of ether oxygens (including phenoxy) is 2. The Morgan fingerprint density at radius 3 is 2.41 bits per heavy atom. The Kier molecular flexibility index (Phi) is 9.04. The summed E-state index contributed by atoms with van der Waals surface area (Å²) < 4.78 is 11.6. The SMILES string of the molecule is CCNC(=NCC1(CO)CC1)NCC1C(C)OC(C)(C)N1C(=O)OC(C)(C)C.I. The van der Waals surface area contributed by atoms with Crippen molar-refractivity contribution in [2.75, 3.05) is 26.2 Å². The zero-order valence-electron chi connectivity index (χ0n) is 18.9. The number of aliphatic hydroxyl groups is 1. The standard InChI is InChI=1S/C20H38N4O4.HI/c1-8-21-16(23-12-20(13-25)9-10-20)22-11-15-14(2)27-19(6,7)24(15)17(26)28-18(3,4)5;/h14-15,25H,8-13H2,1-7H3,(H2,21,22,23);1H. The molecule has 1 amide bonds. The number of guanidine groups is 1. The Hall–Kier alpha value is -0.810. The molecule has 1 aliphatic carbocycles. The average Bonchev–Trinajstić information content (AvgIpc) is 3.29. The summed E-state index contributed by atoms with van der Waals surface area (Å²) in [6, 6.07) is -0.193. The fourth-order valence-corrected chi connectivity index (χ4v) is 3.46.